The van der Waals surface area contributed by atoms with Crippen molar-refractivity contribution >= 4 is 5.95 Å². The topological polar surface area (TPSA) is 47.7 Å². The van der Waals surface area contributed by atoms with Crippen LogP contribution in [0.25, 0.3) is 5.69 Å². The van der Waals surface area contributed by atoms with Crippen LogP contribution in [0, 0.1) is 6.92 Å². The predicted octanol–water partition coefficient (Wildman–Crippen LogP) is 1.44. The molecule has 0 unspecified atom stereocenters. The number of nitrogens with zero attached hydrogens (tertiary/aromatic N) is 4. The first kappa shape index (κ1) is 9.76. The number of aryl methyl sites for hydroxylation is 2. The van der Waals surface area contributed by atoms with Crippen molar-refractivity contribution < 1.29 is 0 Å². The molecule has 0 amide bonds. The highest BCUT2D eigenvalue weighted by Gasteiger charge is 2.07. The fraction of sp³-hybridized carbons (Fsp3) is 0.400. The van der Waals surface area contributed by atoms with Crippen molar-refractivity contribution in [2.24, 2.45) is 0 Å². The Morgan fingerprint density at radius 3 is 2.80 bits per heavy atom. The van der Waals surface area contributed by atoms with Gasteiger partial charge in [0.1, 0.15) is 0 Å². The molecule has 0 spiro atoms. The molecule has 0 aliphatic heterocycles. The highest BCUT2D eigenvalue weighted by molar-refractivity contribution is 5.40. The van der Waals surface area contributed by atoms with Gasteiger partial charge in [0, 0.05) is 26.0 Å². The summed E-state index contributed by atoms with van der Waals surface area (Å²) in [5.74, 6) is 0.836. The van der Waals surface area contributed by atoms with Crippen LogP contribution in [-0.2, 0) is 6.54 Å². The van der Waals surface area contributed by atoms with Gasteiger partial charge in [-0.2, -0.15) is 5.10 Å². The van der Waals surface area contributed by atoms with Gasteiger partial charge in [-0.05, 0) is 13.8 Å². The largest absolute Gasteiger partial charge is 0.358 e. The van der Waals surface area contributed by atoms with E-state index in [0.29, 0.717) is 0 Å². The number of hydrogen-bond donors (Lipinski definition) is 1. The van der Waals surface area contributed by atoms with Crippen LogP contribution in [0.15, 0.2) is 18.6 Å². The first-order valence-corrected chi connectivity index (χ1v) is 5.01. The van der Waals surface area contributed by atoms with Gasteiger partial charge in [0.05, 0.1) is 17.6 Å². The minimum absolute atomic E-state index is 0.836. The summed E-state index contributed by atoms with van der Waals surface area (Å²) < 4.78 is 3.89. The lowest BCUT2D eigenvalue weighted by molar-refractivity contribution is 0.659. The summed E-state index contributed by atoms with van der Waals surface area (Å²) in [5.41, 5.74) is 2.02. The summed E-state index contributed by atoms with van der Waals surface area (Å²) >= 11 is 0. The molecule has 0 fully saturated rings. The van der Waals surface area contributed by atoms with Crippen LogP contribution in [-0.4, -0.2) is 26.4 Å². The van der Waals surface area contributed by atoms with E-state index < -0.39 is 0 Å². The first-order valence-electron chi connectivity index (χ1n) is 5.01. The van der Waals surface area contributed by atoms with Crippen molar-refractivity contribution in [2.45, 2.75) is 20.4 Å². The molecule has 0 radical (unpaired) electrons. The lowest BCUT2D eigenvalue weighted by Crippen LogP contribution is -1.99. The smallest absolute Gasteiger partial charge is 0.207 e. The number of rotatable bonds is 3. The van der Waals surface area contributed by atoms with E-state index in [1.165, 1.54) is 0 Å². The number of imidazole rings is 1. The Labute approximate surface area is 88.7 Å². The number of nitrogens with one attached hydrogen (secondary N) is 1. The molecule has 0 bridgehead atoms. The van der Waals surface area contributed by atoms with Crippen LogP contribution < -0.4 is 5.32 Å². The van der Waals surface area contributed by atoms with E-state index in [4.69, 9.17) is 0 Å². The van der Waals surface area contributed by atoms with Crippen molar-refractivity contribution in [3.63, 3.8) is 0 Å². The maximum absolute atomic E-state index is 4.36. The zero-order valence-corrected chi connectivity index (χ0v) is 9.23. The van der Waals surface area contributed by atoms with Gasteiger partial charge >= 0.3 is 0 Å². The molecule has 0 aliphatic carbocycles. The summed E-state index contributed by atoms with van der Waals surface area (Å²) in [6, 6.07) is 0. The molecule has 2 heterocycles. The Bertz CT molecular complexity index is 454. The number of anilines is 1. The molecule has 5 nitrogen and oxygen atoms in total. The molecule has 0 saturated heterocycles. The Kier molecular flexibility index (Phi) is 2.45. The van der Waals surface area contributed by atoms with Crippen molar-refractivity contribution in [3.05, 3.63) is 24.3 Å². The monoisotopic (exact) mass is 205 g/mol. The predicted molar refractivity (Wildman–Crippen MR) is 59.3 cm³/mol. The number of hydrogen-bond acceptors (Lipinski definition) is 3. The van der Waals surface area contributed by atoms with E-state index >= 15 is 0 Å². The van der Waals surface area contributed by atoms with Crippen molar-refractivity contribution in [1.82, 2.24) is 19.3 Å². The molecule has 1 N–H and O–H groups in total. The van der Waals surface area contributed by atoms with E-state index in [9.17, 15) is 0 Å². The zero-order chi connectivity index (χ0) is 10.8. The minimum Gasteiger partial charge on any atom is -0.358 e. The molecular weight excluding hydrogens is 190 g/mol. The van der Waals surface area contributed by atoms with Crippen LogP contribution >= 0.6 is 0 Å². The summed E-state index contributed by atoms with van der Waals surface area (Å²) in [5, 5.41) is 7.29. The fourth-order valence-corrected chi connectivity index (χ4v) is 1.52. The Hall–Kier alpha value is -1.78. The lowest BCUT2D eigenvalue weighted by Gasteiger charge is -2.02. The molecule has 80 valence electrons. The van der Waals surface area contributed by atoms with Crippen molar-refractivity contribution in [2.75, 3.05) is 12.4 Å². The second kappa shape index (κ2) is 3.76. The third-order valence-electron chi connectivity index (χ3n) is 2.27. The second-order valence-electron chi connectivity index (χ2n) is 3.38. The van der Waals surface area contributed by atoms with E-state index in [1.54, 1.807) is 0 Å². The molecule has 2 rings (SSSR count). The third kappa shape index (κ3) is 1.72. The fourth-order valence-electron chi connectivity index (χ4n) is 1.52. The summed E-state index contributed by atoms with van der Waals surface area (Å²) in [6.45, 7) is 4.92. The normalized spacial score (nSPS) is 10.6. The molecule has 5 heteroatoms. The Morgan fingerprint density at radius 2 is 2.20 bits per heavy atom. The highest BCUT2D eigenvalue weighted by atomic mass is 15.3. The zero-order valence-electron chi connectivity index (χ0n) is 9.23. The van der Waals surface area contributed by atoms with Crippen LogP contribution in [0.2, 0.25) is 0 Å². The quantitative estimate of drug-likeness (QED) is 0.824. The molecule has 0 aromatic carbocycles. The van der Waals surface area contributed by atoms with Gasteiger partial charge in [-0.1, -0.05) is 0 Å². The minimum atomic E-state index is 0.836. The lowest BCUT2D eigenvalue weighted by atomic mass is 10.5. The second-order valence-corrected chi connectivity index (χ2v) is 3.38. The van der Waals surface area contributed by atoms with Crippen LogP contribution in [0.3, 0.4) is 0 Å². The van der Waals surface area contributed by atoms with Gasteiger partial charge in [-0.15, -0.1) is 0 Å². The van der Waals surface area contributed by atoms with E-state index in [1.807, 2.05) is 41.8 Å². The van der Waals surface area contributed by atoms with Crippen molar-refractivity contribution in [1.29, 1.82) is 0 Å². The van der Waals surface area contributed by atoms with E-state index in [0.717, 1.165) is 23.9 Å². The van der Waals surface area contributed by atoms with Crippen LogP contribution in [0.4, 0.5) is 5.95 Å². The van der Waals surface area contributed by atoms with Gasteiger partial charge < -0.3 is 5.32 Å². The standard InChI is InChI=1S/C10H15N5/c1-4-14-7-9(5-12-14)15-6-8(2)13-10(15)11-3/h5-7H,4H2,1-3H3,(H,11,13). The SMILES string of the molecule is CCn1cc(-n2cc(C)nc2NC)cn1. The van der Waals surface area contributed by atoms with Gasteiger partial charge in [0.2, 0.25) is 5.95 Å². The van der Waals surface area contributed by atoms with E-state index in [2.05, 4.69) is 22.3 Å². The third-order valence-corrected chi connectivity index (χ3v) is 2.27. The average Bonchev–Trinajstić information content (AvgIpc) is 2.82. The Balaban J connectivity index is 2.43. The molecule has 15 heavy (non-hydrogen) atoms. The van der Waals surface area contributed by atoms with E-state index in [-0.39, 0.29) is 0 Å². The Morgan fingerprint density at radius 1 is 1.40 bits per heavy atom. The van der Waals surface area contributed by atoms with Crippen LogP contribution in [0.5, 0.6) is 0 Å². The van der Waals surface area contributed by atoms with Crippen LogP contribution in [0.1, 0.15) is 12.6 Å². The maximum Gasteiger partial charge on any atom is 0.207 e. The molecule has 0 saturated carbocycles. The molecular formula is C10H15N5. The first-order chi connectivity index (χ1) is 7.24. The van der Waals surface area contributed by atoms with Crippen molar-refractivity contribution in [3.8, 4) is 5.69 Å². The van der Waals surface area contributed by atoms with Gasteiger partial charge in [0.15, 0.2) is 0 Å². The summed E-state index contributed by atoms with van der Waals surface area (Å²) in [7, 11) is 1.86. The number of aromatic nitrogens is 4. The van der Waals surface area contributed by atoms with Gasteiger partial charge in [-0.25, -0.2) is 4.98 Å². The molecule has 2 aromatic rings. The molecule has 0 aliphatic rings. The maximum atomic E-state index is 4.36. The summed E-state index contributed by atoms with van der Waals surface area (Å²) in [4.78, 5) is 4.36. The van der Waals surface area contributed by atoms with Gasteiger partial charge in [-0.3, -0.25) is 9.25 Å². The molecule has 2 aromatic heterocycles. The highest BCUT2D eigenvalue weighted by Crippen LogP contribution is 2.15. The summed E-state index contributed by atoms with van der Waals surface area (Å²) in [6.07, 6.45) is 5.83. The molecule has 0 atom stereocenters. The average molecular weight is 205 g/mol. The van der Waals surface area contributed by atoms with Gasteiger partial charge in [0.25, 0.3) is 0 Å².